The maximum atomic E-state index is 13.0. The van der Waals surface area contributed by atoms with Crippen LogP contribution in [-0.4, -0.2) is 15.8 Å². The lowest BCUT2D eigenvalue weighted by molar-refractivity contribution is -0.385. The Morgan fingerprint density at radius 1 is 1.20 bits per heavy atom. The van der Waals surface area contributed by atoms with E-state index in [1.54, 1.807) is 35.7 Å². The number of hydrogen-bond acceptors (Lipinski definition) is 5. The minimum Gasteiger partial charge on any atom is -0.302 e. The van der Waals surface area contributed by atoms with Crippen molar-refractivity contribution in [2.75, 3.05) is 5.32 Å². The van der Waals surface area contributed by atoms with Crippen molar-refractivity contribution in [3.05, 3.63) is 75.4 Å². The second kappa shape index (κ2) is 7.18. The van der Waals surface area contributed by atoms with E-state index in [0.717, 1.165) is 5.56 Å². The van der Waals surface area contributed by atoms with Gasteiger partial charge in [0.2, 0.25) is 5.91 Å². The molecule has 0 bridgehead atoms. The van der Waals surface area contributed by atoms with Gasteiger partial charge < -0.3 is 5.32 Å². The first-order valence-electron chi connectivity index (χ1n) is 7.26. The van der Waals surface area contributed by atoms with Crippen LogP contribution in [0.5, 0.6) is 0 Å². The third-order valence-corrected chi connectivity index (χ3v) is 4.19. The molecule has 0 saturated carbocycles. The second-order valence-electron chi connectivity index (χ2n) is 5.16. The van der Waals surface area contributed by atoms with E-state index in [9.17, 15) is 19.3 Å². The van der Waals surface area contributed by atoms with E-state index in [0.29, 0.717) is 16.4 Å². The zero-order valence-corrected chi connectivity index (χ0v) is 13.6. The van der Waals surface area contributed by atoms with Crippen LogP contribution < -0.4 is 5.32 Å². The van der Waals surface area contributed by atoms with E-state index in [-0.39, 0.29) is 17.9 Å². The first kappa shape index (κ1) is 16.7. The van der Waals surface area contributed by atoms with Gasteiger partial charge in [0.05, 0.1) is 17.0 Å². The fourth-order valence-corrected chi connectivity index (χ4v) is 3.00. The molecule has 8 heteroatoms. The molecule has 0 aliphatic heterocycles. The number of rotatable bonds is 5. The molecule has 0 saturated heterocycles. The maximum absolute atomic E-state index is 13.0. The van der Waals surface area contributed by atoms with Gasteiger partial charge in [-0.3, -0.25) is 14.9 Å². The predicted molar refractivity (Wildman–Crippen MR) is 92.9 cm³/mol. The Kier molecular flexibility index (Phi) is 4.80. The highest BCUT2D eigenvalue weighted by atomic mass is 32.1. The lowest BCUT2D eigenvalue weighted by Crippen LogP contribution is -2.15. The molecule has 0 fully saturated rings. The van der Waals surface area contributed by atoms with Gasteiger partial charge >= 0.3 is 0 Å². The van der Waals surface area contributed by atoms with Crippen LogP contribution in [0, 0.1) is 15.9 Å². The largest absolute Gasteiger partial charge is 0.302 e. The number of carbonyl (C=O) groups excluding carboxylic acids is 1. The zero-order valence-electron chi connectivity index (χ0n) is 12.8. The van der Waals surface area contributed by atoms with Crippen molar-refractivity contribution in [1.29, 1.82) is 0 Å². The molecule has 0 spiro atoms. The Morgan fingerprint density at radius 2 is 1.92 bits per heavy atom. The van der Waals surface area contributed by atoms with Gasteiger partial charge in [0.1, 0.15) is 5.82 Å². The number of nitrogens with zero attached hydrogens (tertiary/aromatic N) is 2. The highest BCUT2D eigenvalue weighted by Crippen LogP contribution is 2.25. The molecule has 0 unspecified atom stereocenters. The molecule has 3 aromatic rings. The van der Waals surface area contributed by atoms with Crippen molar-refractivity contribution in [3.63, 3.8) is 0 Å². The van der Waals surface area contributed by atoms with Gasteiger partial charge in [-0.05, 0) is 24.3 Å². The summed E-state index contributed by atoms with van der Waals surface area (Å²) in [6.07, 6.45) is -0.122. The topological polar surface area (TPSA) is 85.1 Å². The molecule has 0 atom stereocenters. The molecule has 25 heavy (non-hydrogen) atoms. The van der Waals surface area contributed by atoms with Crippen molar-refractivity contribution in [3.8, 4) is 11.3 Å². The fourth-order valence-electron chi connectivity index (χ4n) is 2.26. The standard InChI is InChI=1S/C17H12FN3O3S/c18-13-7-5-11(6-8-13)14-10-25-17(19-14)20-16(22)9-12-3-1-2-4-15(12)21(23)24/h1-8,10H,9H2,(H,19,20,22). The van der Waals surface area contributed by atoms with Crippen molar-refractivity contribution in [2.24, 2.45) is 0 Å². The first-order chi connectivity index (χ1) is 12.0. The Balaban J connectivity index is 1.70. The number of nitrogens with one attached hydrogen (secondary N) is 1. The van der Waals surface area contributed by atoms with Gasteiger partial charge in [-0.25, -0.2) is 9.37 Å². The number of halogens is 1. The summed E-state index contributed by atoms with van der Waals surface area (Å²) in [6.45, 7) is 0. The molecule has 1 amide bonds. The summed E-state index contributed by atoms with van der Waals surface area (Å²) < 4.78 is 13.0. The van der Waals surface area contributed by atoms with Gasteiger partial charge in [0, 0.05) is 22.6 Å². The molecular weight excluding hydrogens is 345 g/mol. The summed E-state index contributed by atoms with van der Waals surface area (Å²) in [4.78, 5) is 26.9. The van der Waals surface area contributed by atoms with Crippen LogP contribution in [0.1, 0.15) is 5.56 Å². The minimum absolute atomic E-state index is 0.0937. The van der Waals surface area contributed by atoms with Gasteiger partial charge in [0.25, 0.3) is 5.69 Å². The number of amides is 1. The number of nitro benzene ring substituents is 1. The van der Waals surface area contributed by atoms with Crippen LogP contribution in [-0.2, 0) is 11.2 Å². The summed E-state index contributed by atoms with van der Waals surface area (Å²) in [5, 5.41) is 15.7. The van der Waals surface area contributed by atoms with Gasteiger partial charge in [0.15, 0.2) is 5.13 Å². The average molecular weight is 357 g/mol. The van der Waals surface area contributed by atoms with E-state index < -0.39 is 10.8 Å². The van der Waals surface area contributed by atoms with E-state index >= 15 is 0 Å². The van der Waals surface area contributed by atoms with Gasteiger partial charge in [-0.2, -0.15) is 0 Å². The minimum atomic E-state index is -0.515. The molecule has 3 rings (SSSR count). The number of aromatic nitrogens is 1. The van der Waals surface area contributed by atoms with Crippen LogP contribution in [0.4, 0.5) is 15.2 Å². The Labute approximate surface area is 146 Å². The molecule has 1 N–H and O–H groups in total. The molecule has 0 aliphatic rings. The van der Waals surface area contributed by atoms with Crippen LogP contribution in [0.15, 0.2) is 53.9 Å². The molecular formula is C17H12FN3O3S. The van der Waals surface area contributed by atoms with Crippen molar-refractivity contribution >= 4 is 28.1 Å². The summed E-state index contributed by atoms with van der Waals surface area (Å²) in [5.41, 5.74) is 1.59. The Bertz CT molecular complexity index is 925. The van der Waals surface area contributed by atoms with Crippen LogP contribution in [0.25, 0.3) is 11.3 Å². The van der Waals surface area contributed by atoms with Crippen LogP contribution in [0.2, 0.25) is 0 Å². The summed E-state index contributed by atoms with van der Waals surface area (Å²) in [5.74, 6) is -0.730. The van der Waals surface area contributed by atoms with Crippen LogP contribution in [0.3, 0.4) is 0 Å². The smallest absolute Gasteiger partial charge is 0.273 e. The second-order valence-corrected chi connectivity index (χ2v) is 6.01. The number of hydrogen-bond donors (Lipinski definition) is 1. The summed E-state index contributed by atoms with van der Waals surface area (Å²) in [7, 11) is 0. The molecule has 0 aliphatic carbocycles. The maximum Gasteiger partial charge on any atom is 0.273 e. The first-order valence-corrected chi connectivity index (χ1v) is 8.14. The molecule has 126 valence electrons. The summed E-state index contributed by atoms with van der Waals surface area (Å²) in [6, 6.07) is 12.0. The Hall–Kier alpha value is -3.13. The highest BCUT2D eigenvalue weighted by Gasteiger charge is 2.16. The number of nitro groups is 1. The third kappa shape index (κ3) is 4.04. The number of para-hydroxylation sites is 1. The lowest BCUT2D eigenvalue weighted by Gasteiger charge is -2.03. The number of thiazole rings is 1. The monoisotopic (exact) mass is 357 g/mol. The molecule has 2 aromatic carbocycles. The van der Waals surface area contributed by atoms with Crippen LogP contribution >= 0.6 is 11.3 Å². The Morgan fingerprint density at radius 3 is 2.64 bits per heavy atom. The van der Waals surface area contributed by atoms with Gasteiger partial charge in [-0.15, -0.1) is 11.3 Å². The molecule has 0 radical (unpaired) electrons. The van der Waals surface area contributed by atoms with E-state index in [2.05, 4.69) is 10.3 Å². The van der Waals surface area contributed by atoms with E-state index in [1.165, 1.54) is 29.5 Å². The van der Waals surface area contributed by atoms with Crippen molar-refractivity contribution in [2.45, 2.75) is 6.42 Å². The SMILES string of the molecule is O=C(Cc1ccccc1[N+](=O)[O-])Nc1nc(-c2ccc(F)cc2)cs1. The third-order valence-electron chi connectivity index (χ3n) is 3.43. The molecule has 1 heterocycles. The number of benzene rings is 2. The number of carbonyl (C=O) groups is 1. The zero-order chi connectivity index (χ0) is 17.8. The predicted octanol–water partition coefficient (Wildman–Crippen LogP) is 4.04. The lowest BCUT2D eigenvalue weighted by atomic mass is 10.1. The van der Waals surface area contributed by atoms with Gasteiger partial charge in [-0.1, -0.05) is 18.2 Å². The average Bonchev–Trinajstić information content (AvgIpc) is 3.04. The number of anilines is 1. The van der Waals surface area contributed by atoms with E-state index in [1.807, 2.05) is 0 Å². The normalized spacial score (nSPS) is 10.4. The highest BCUT2D eigenvalue weighted by molar-refractivity contribution is 7.14. The van der Waals surface area contributed by atoms with Crippen molar-refractivity contribution < 1.29 is 14.1 Å². The summed E-state index contributed by atoms with van der Waals surface area (Å²) >= 11 is 1.23. The quantitative estimate of drug-likeness (QED) is 0.552. The fraction of sp³-hybridized carbons (Fsp3) is 0.0588. The van der Waals surface area contributed by atoms with E-state index in [4.69, 9.17) is 0 Å². The molecule has 1 aromatic heterocycles. The molecule has 6 nitrogen and oxygen atoms in total. The van der Waals surface area contributed by atoms with Crippen molar-refractivity contribution in [1.82, 2.24) is 4.98 Å².